The molecule has 20 heavy (non-hydrogen) atoms. The molecule has 0 radical (unpaired) electrons. The van der Waals surface area contributed by atoms with Gasteiger partial charge in [0.1, 0.15) is 0 Å². The van der Waals surface area contributed by atoms with Crippen LogP contribution in [0.3, 0.4) is 0 Å². The van der Waals surface area contributed by atoms with Crippen LogP contribution >= 0.6 is 0 Å². The minimum Gasteiger partial charge on any atom is -0.337 e. The lowest BCUT2D eigenvalue weighted by Crippen LogP contribution is -2.46. The van der Waals surface area contributed by atoms with E-state index in [9.17, 15) is 4.79 Å². The fourth-order valence-electron chi connectivity index (χ4n) is 3.23. The van der Waals surface area contributed by atoms with Crippen molar-refractivity contribution in [2.45, 2.75) is 39.0 Å². The first-order valence-corrected chi connectivity index (χ1v) is 7.47. The molecule has 4 heterocycles. The number of fused-ring (bicyclic) bond motifs is 3. The Bertz CT molecular complexity index is 477. The number of anilines is 1. The lowest BCUT2D eigenvalue weighted by Gasteiger charge is -2.43. The van der Waals surface area contributed by atoms with E-state index in [1.807, 2.05) is 13.8 Å². The molecule has 6 nitrogen and oxygen atoms in total. The maximum atomic E-state index is 11.7. The smallest absolute Gasteiger partial charge is 0.270 e. The molecule has 6 heteroatoms. The zero-order valence-electron chi connectivity index (χ0n) is 12.1. The van der Waals surface area contributed by atoms with Crippen LogP contribution in [0.4, 0.5) is 5.95 Å². The van der Waals surface area contributed by atoms with Crippen LogP contribution in [0.1, 0.15) is 44.9 Å². The summed E-state index contributed by atoms with van der Waals surface area (Å²) in [6.07, 6.45) is 2.90. The van der Waals surface area contributed by atoms with Gasteiger partial charge in [-0.25, -0.2) is 0 Å². The third-order valence-corrected chi connectivity index (χ3v) is 4.26. The second-order valence-electron chi connectivity index (χ2n) is 6.35. The summed E-state index contributed by atoms with van der Waals surface area (Å²) in [6, 6.07) is 0. The predicted octanol–water partition coefficient (Wildman–Crippen LogP) is 1.86. The van der Waals surface area contributed by atoms with Gasteiger partial charge in [0.25, 0.3) is 5.95 Å². The van der Waals surface area contributed by atoms with Crippen LogP contribution in [0.15, 0.2) is 4.52 Å². The first kappa shape index (κ1) is 13.5. The molecule has 3 aliphatic rings. The Balaban J connectivity index is 1.63. The van der Waals surface area contributed by atoms with Gasteiger partial charge >= 0.3 is 0 Å². The monoisotopic (exact) mass is 278 g/mol. The molecule has 1 aromatic heterocycles. The fraction of sp³-hybridized carbons (Fsp3) is 0.786. The number of carbonyl (C=O) groups excluding carboxylic acids is 1. The summed E-state index contributed by atoms with van der Waals surface area (Å²) in [4.78, 5) is 18.5. The number of hydrogen-bond acceptors (Lipinski definition) is 5. The number of hydrogen-bond donors (Lipinski definition) is 1. The van der Waals surface area contributed by atoms with E-state index in [-0.39, 0.29) is 5.91 Å². The number of rotatable bonds is 4. The van der Waals surface area contributed by atoms with E-state index in [0.29, 0.717) is 36.0 Å². The lowest BCUT2D eigenvalue weighted by molar-refractivity contribution is -0.116. The first-order valence-electron chi connectivity index (χ1n) is 7.47. The first-order chi connectivity index (χ1) is 9.61. The highest BCUT2D eigenvalue weighted by atomic mass is 16.5. The molecule has 2 bridgehead atoms. The number of nitrogens with one attached hydrogen (secondary N) is 1. The third kappa shape index (κ3) is 2.85. The van der Waals surface area contributed by atoms with Gasteiger partial charge in [-0.1, -0.05) is 13.8 Å². The van der Waals surface area contributed by atoms with Crippen LogP contribution in [-0.2, 0) is 4.79 Å². The van der Waals surface area contributed by atoms with Gasteiger partial charge in [-0.3, -0.25) is 10.1 Å². The maximum absolute atomic E-state index is 11.7. The van der Waals surface area contributed by atoms with E-state index in [1.54, 1.807) is 0 Å². The second-order valence-corrected chi connectivity index (χ2v) is 6.35. The molecular weight excluding hydrogens is 256 g/mol. The highest BCUT2D eigenvalue weighted by molar-refractivity contribution is 5.88. The normalized spacial score (nSPS) is 28.9. The number of amides is 1. The highest BCUT2D eigenvalue weighted by Crippen LogP contribution is 2.38. The van der Waals surface area contributed by atoms with Crippen molar-refractivity contribution < 1.29 is 9.32 Å². The molecule has 1 amide bonds. The number of carbonyl (C=O) groups is 1. The van der Waals surface area contributed by atoms with Crippen LogP contribution in [0.25, 0.3) is 0 Å². The second kappa shape index (κ2) is 5.52. The van der Waals surface area contributed by atoms with Crippen molar-refractivity contribution in [1.29, 1.82) is 0 Å². The Labute approximate surface area is 118 Å². The van der Waals surface area contributed by atoms with Gasteiger partial charge in [0.05, 0.1) is 5.92 Å². The van der Waals surface area contributed by atoms with E-state index < -0.39 is 0 Å². The minimum atomic E-state index is -0.0544. The topological polar surface area (TPSA) is 71.3 Å². The number of piperidine rings is 3. The Hall–Kier alpha value is -1.43. The zero-order valence-corrected chi connectivity index (χ0v) is 12.1. The molecule has 3 aliphatic heterocycles. The molecular formula is C14H22N4O2. The van der Waals surface area contributed by atoms with Crippen LogP contribution in [0.5, 0.6) is 0 Å². The van der Waals surface area contributed by atoms with E-state index in [0.717, 1.165) is 6.54 Å². The minimum absolute atomic E-state index is 0.0544. The molecule has 0 saturated carbocycles. The maximum Gasteiger partial charge on any atom is 0.270 e. The van der Waals surface area contributed by atoms with Crippen molar-refractivity contribution in [3.8, 4) is 0 Å². The zero-order chi connectivity index (χ0) is 14.1. The van der Waals surface area contributed by atoms with Crippen molar-refractivity contribution in [2.24, 2.45) is 11.8 Å². The summed E-state index contributed by atoms with van der Waals surface area (Å²) in [5.41, 5.74) is 0. The molecule has 4 rings (SSSR count). The van der Waals surface area contributed by atoms with Crippen molar-refractivity contribution in [1.82, 2.24) is 15.0 Å². The number of nitrogens with zero attached hydrogens (tertiary/aromatic N) is 3. The average molecular weight is 278 g/mol. The Morgan fingerprint density at radius 2 is 2.20 bits per heavy atom. The third-order valence-electron chi connectivity index (χ3n) is 4.26. The van der Waals surface area contributed by atoms with Crippen molar-refractivity contribution in [2.75, 3.05) is 25.0 Å². The molecule has 3 saturated heterocycles. The van der Waals surface area contributed by atoms with Crippen LogP contribution in [0.2, 0.25) is 0 Å². The predicted molar refractivity (Wildman–Crippen MR) is 74.3 cm³/mol. The Morgan fingerprint density at radius 3 is 2.80 bits per heavy atom. The molecule has 110 valence electrons. The molecule has 1 aromatic rings. The van der Waals surface area contributed by atoms with Crippen LogP contribution < -0.4 is 5.32 Å². The van der Waals surface area contributed by atoms with Crippen molar-refractivity contribution in [3.63, 3.8) is 0 Å². The molecule has 1 N–H and O–H groups in total. The quantitative estimate of drug-likeness (QED) is 0.910. The summed E-state index contributed by atoms with van der Waals surface area (Å²) >= 11 is 0. The highest BCUT2D eigenvalue weighted by Gasteiger charge is 2.38. The van der Waals surface area contributed by atoms with Gasteiger partial charge in [0.15, 0.2) is 0 Å². The van der Waals surface area contributed by atoms with Crippen molar-refractivity contribution in [3.05, 3.63) is 5.89 Å². The largest absolute Gasteiger partial charge is 0.337 e. The molecule has 0 spiro atoms. The van der Waals surface area contributed by atoms with Gasteiger partial charge < -0.3 is 9.42 Å². The van der Waals surface area contributed by atoms with Crippen molar-refractivity contribution >= 4 is 11.9 Å². The van der Waals surface area contributed by atoms with Gasteiger partial charge in [0.2, 0.25) is 11.8 Å². The Kier molecular flexibility index (Phi) is 3.74. The Morgan fingerprint density at radius 1 is 1.45 bits per heavy atom. The molecule has 0 aliphatic carbocycles. The van der Waals surface area contributed by atoms with E-state index in [2.05, 4.69) is 20.4 Å². The van der Waals surface area contributed by atoms with Crippen LogP contribution in [-0.4, -0.2) is 40.6 Å². The van der Waals surface area contributed by atoms with Gasteiger partial charge in [-0.15, -0.1) is 0 Å². The molecule has 0 aromatic carbocycles. The fourth-order valence-corrected chi connectivity index (χ4v) is 3.23. The van der Waals surface area contributed by atoms with E-state index in [4.69, 9.17) is 4.52 Å². The summed E-state index contributed by atoms with van der Waals surface area (Å²) in [5, 5.41) is 6.59. The standard InChI is InChI=1S/C14H22N4O2/c1-9(2)7-12(19)15-14-16-13(20-17-14)11-8-18-5-3-10(11)4-6-18/h9-11H,3-8H2,1-2H3,(H,15,17,19). The average Bonchev–Trinajstić information content (AvgIpc) is 2.87. The summed E-state index contributed by atoms with van der Waals surface area (Å²) in [7, 11) is 0. The van der Waals surface area contributed by atoms with Gasteiger partial charge in [0, 0.05) is 13.0 Å². The van der Waals surface area contributed by atoms with Crippen LogP contribution in [0, 0.1) is 11.8 Å². The van der Waals surface area contributed by atoms with Gasteiger partial charge in [-0.2, -0.15) is 4.98 Å². The number of aromatic nitrogens is 2. The molecule has 1 unspecified atom stereocenters. The summed E-state index contributed by atoms with van der Waals surface area (Å²) < 4.78 is 5.36. The van der Waals surface area contributed by atoms with E-state index in [1.165, 1.54) is 25.9 Å². The molecule has 1 atom stereocenters. The van der Waals surface area contributed by atoms with E-state index >= 15 is 0 Å². The SMILES string of the molecule is CC(C)CC(=O)Nc1noc(C2CN3CCC2CC3)n1. The van der Waals surface area contributed by atoms with Gasteiger partial charge in [-0.05, 0) is 42.9 Å². The lowest BCUT2D eigenvalue weighted by atomic mass is 9.79. The summed E-state index contributed by atoms with van der Waals surface area (Å²) in [5.74, 6) is 2.24. The molecule has 3 fully saturated rings. The summed E-state index contributed by atoms with van der Waals surface area (Å²) in [6.45, 7) is 7.40.